The number of fused-ring (bicyclic) bond motifs is 1. The Labute approximate surface area is 188 Å². The van der Waals surface area contributed by atoms with Crippen LogP contribution in [-0.2, 0) is 4.74 Å². The number of ketones is 1. The number of ether oxygens (including phenoxy) is 4. The second-order valence-electron chi connectivity index (χ2n) is 7.80. The molecule has 2 aromatic rings. The number of hydrogen-bond acceptors (Lipinski definition) is 11. The zero-order chi connectivity index (χ0) is 23.9. The van der Waals surface area contributed by atoms with Gasteiger partial charge in [-0.05, 0) is 17.7 Å². The van der Waals surface area contributed by atoms with Crippen LogP contribution >= 0.6 is 0 Å². The Morgan fingerprint density at radius 1 is 1.03 bits per heavy atom. The van der Waals surface area contributed by atoms with Crippen molar-refractivity contribution < 1.29 is 54.4 Å². The Hall–Kier alpha value is -3.09. The molecule has 0 amide bonds. The highest BCUT2D eigenvalue weighted by molar-refractivity contribution is 6.02. The number of phenols is 2. The maximum absolute atomic E-state index is 12.7. The van der Waals surface area contributed by atoms with Crippen LogP contribution in [0.5, 0.6) is 28.7 Å². The van der Waals surface area contributed by atoms with E-state index in [4.69, 9.17) is 18.9 Å². The van der Waals surface area contributed by atoms with Gasteiger partial charge in [0, 0.05) is 12.1 Å². The molecule has 0 aromatic heterocycles. The van der Waals surface area contributed by atoms with Crippen LogP contribution < -0.4 is 14.2 Å². The third-order valence-corrected chi connectivity index (χ3v) is 5.65. The molecule has 11 nitrogen and oxygen atoms in total. The topological polar surface area (TPSA) is 175 Å². The Bertz CT molecular complexity index is 1040. The van der Waals surface area contributed by atoms with Gasteiger partial charge in [0.25, 0.3) is 0 Å². The quantitative estimate of drug-likeness (QED) is 0.351. The molecule has 2 aromatic carbocycles. The highest BCUT2D eigenvalue weighted by Gasteiger charge is 2.45. The monoisotopic (exact) mass is 464 g/mol. The molecule has 2 aliphatic heterocycles. The number of hydrogen-bond donors (Lipinski definition) is 6. The zero-order valence-electron chi connectivity index (χ0n) is 17.5. The third-order valence-electron chi connectivity index (χ3n) is 5.65. The summed E-state index contributed by atoms with van der Waals surface area (Å²) in [5.74, 6) is -0.701. The number of carbonyl (C=O) groups excluding carboxylic acids is 1. The van der Waals surface area contributed by atoms with Crippen molar-refractivity contribution in [2.75, 3.05) is 13.7 Å². The number of aromatic hydroxyl groups is 2. The number of aliphatic hydroxyl groups excluding tert-OH is 4. The van der Waals surface area contributed by atoms with Gasteiger partial charge in [0.2, 0.25) is 6.29 Å². The first-order valence-electron chi connectivity index (χ1n) is 10.1. The predicted molar refractivity (Wildman–Crippen MR) is 109 cm³/mol. The summed E-state index contributed by atoms with van der Waals surface area (Å²) in [7, 11) is 1.39. The van der Waals surface area contributed by atoms with E-state index in [9.17, 15) is 35.4 Å². The summed E-state index contributed by atoms with van der Waals surface area (Å²) in [5.41, 5.74) is 0.515. The van der Waals surface area contributed by atoms with Crippen molar-refractivity contribution in [1.29, 1.82) is 0 Å². The number of carbonyl (C=O) groups is 1. The SMILES string of the molecule is COc1cc(C2CC(=O)c3c(O)cc(O[C@H]4O[C@@H](CO)[C@H](O)[C@@H](O)[C@@H]4O)cc3O2)ccc1O. The molecular formula is C22H24O11. The van der Waals surface area contributed by atoms with Crippen molar-refractivity contribution in [2.24, 2.45) is 0 Å². The van der Waals surface area contributed by atoms with Crippen LogP contribution in [-0.4, -0.2) is 80.8 Å². The summed E-state index contributed by atoms with van der Waals surface area (Å²) in [6, 6.07) is 6.97. The average Bonchev–Trinajstić information content (AvgIpc) is 2.79. The minimum absolute atomic E-state index is 0.0166. The van der Waals surface area contributed by atoms with E-state index in [1.54, 1.807) is 6.07 Å². The van der Waals surface area contributed by atoms with Crippen molar-refractivity contribution in [1.82, 2.24) is 0 Å². The first kappa shape index (κ1) is 23.1. The van der Waals surface area contributed by atoms with Gasteiger partial charge in [0.15, 0.2) is 17.3 Å². The summed E-state index contributed by atoms with van der Waals surface area (Å²) >= 11 is 0. The smallest absolute Gasteiger partial charge is 0.229 e. The molecule has 178 valence electrons. The summed E-state index contributed by atoms with van der Waals surface area (Å²) in [6.07, 6.45) is -8.30. The number of benzene rings is 2. The number of Topliss-reactive ketones (excluding diaryl/α,β-unsaturated/α-hetero) is 1. The highest BCUT2D eigenvalue weighted by Crippen LogP contribution is 2.43. The number of methoxy groups -OCH3 is 1. The van der Waals surface area contributed by atoms with Gasteiger partial charge in [-0.15, -0.1) is 0 Å². The van der Waals surface area contributed by atoms with E-state index in [1.165, 1.54) is 25.3 Å². The first-order chi connectivity index (χ1) is 15.7. The lowest BCUT2D eigenvalue weighted by molar-refractivity contribution is -0.277. The molecule has 0 saturated carbocycles. The Balaban J connectivity index is 1.60. The van der Waals surface area contributed by atoms with E-state index in [2.05, 4.69) is 0 Å². The normalized spacial score (nSPS) is 29.2. The largest absolute Gasteiger partial charge is 0.507 e. The molecule has 6 N–H and O–H groups in total. The molecular weight excluding hydrogens is 440 g/mol. The number of aliphatic hydroxyl groups is 4. The molecule has 2 aliphatic rings. The van der Waals surface area contributed by atoms with Crippen molar-refractivity contribution in [3.63, 3.8) is 0 Å². The van der Waals surface area contributed by atoms with Crippen molar-refractivity contribution in [2.45, 2.75) is 43.2 Å². The molecule has 2 heterocycles. The minimum atomic E-state index is -1.65. The van der Waals surface area contributed by atoms with Crippen LogP contribution in [0.25, 0.3) is 0 Å². The van der Waals surface area contributed by atoms with E-state index < -0.39 is 49.2 Å². The lowest BCUT2D eigenvalue weighted by Crippen LogP contribution is -2.60. The summed E-state index contributed by atoms with van der Waals surface area (Å²) in [4.78, 5) is 12.7. The van der Waals surface area contributed by atoms with E-state index in [0.717, 1.165) is 6.07 Å². The van der Waals surface area contributed by atoms with Gasteiger partial charge in [-0.2, -0.15) is 0 Å². The molecule has 11 heteroatoms. The van der Waals surface area contributed by atoms with Gasteiger partial charge >= 0.3 is 0 Å². The summed E-state index contributed by atoms with van der Waals surface area (Å²) in [5, 5.41) is 59.5. The van der Waals surface area contributed by atoms with Crippen LogP contribution in [0, 0.1) is 0 Å². The van der Waals surface area contributed by atoms with Crippen LogP contribution in [0.2, 0.25) is 0 Å². The van der Waals surface area contributed by atoms with Gasteiger partial charge in [-0.3, -0.25) is 4.79 Å². The molecule has 33 heavy (non-hydrogen) atoms. The highest BCUT2D eigenvalue weighted by atomic mass is 16.7. The Kier molecular flexibility index (Phi) is 6.32. The van der Waals surface area contributed by atoms with Gasteiger partial charge in [-0.25, -0.2) is 0 Å². The fraction of sp³-hybridized carbons (Fsp3) is 0.409. The van der Waals surface area contributed by atoms with E-state index in [1.807, 2.05) is 0 Å². The lowest BCUT2D eigenvalue weighted by Gasteiger charge is -2.39. The van der Waals surface area contributed by atoms with Crippen LogP contribution in [0.1, 0.15) is 28.4 Å². The third kappa shape index (κ3) is 4.28. The standard InChI is InChI=1S/C22H24O11/c1-30-15-4-9(2-3-11(15)24)14-7-13(26)18-12(25)5-10(6-16(18)32-14)31-22-21(29)20(28)19(27)17(8-23)33-22/h2-6,14,17,19-25,27-29H,7-8H2,1H3/t14?,17-,19-,20+,21-,22-/m0/s1. The fourth-order valence-corrected chi connectivity index (χ4v) is 3.86. The van der Waals surface area contributed by atoms with E-state index >= 15 is 0 Å². The predicted octanol–water partition coefficient (Wildman–Crippen LogP) is -0.00840. The molecule has 0 spiro atoms. The summed E-state index contributed by atoms with van der Waals surface area (Å²) < 4.78 is 21.9. The van der Waals surface area contributed by atoms with Crippen molar-refractivity contribution in [3.05, 3.63) is 41.5 Å². The van der Waals surface area contributed by atoms with Crippen LogP contribution in [0.3, 0.4) is 0 Å². The van der Waals surface area contributed by atoms with E-state index in [-0.39, 0.29) is 40.8 Å². The van der Waals surface area contributed by atoms with Crippen molar-refractivity contribution in [3.8, 4) is 28.7 Å². The average molecular weight is 464 g/mol. The second kappa shape index (κ2) is 9.04. The van der Waals surface area contributed by atoms with E-state index in [0.29, 0.717) is 5.56 Å². The van der Waals surface area contributed by atoms with Gasteiger partial charge in [0.1, 0.15) is 53.3 Å². The molecule has 0 bridgehead atoms. The maximum atomic E-state index is 12.7. The van der Waals surface area contributed by atoms with Gasteiger partial charge in [0.05, 0.1) is 20.1 Å². The molecule has 1 saturated heterocycles. The molecule has 6 atom stereocenters. The molecule has 1 fully saturated rings. The fourth-order valence-electron chi connectivity index (χ4n) is 3.86. The van der Waals surface area contributed by atoms with Crippen LogP contribution in [0.4, 0.5) is 0 Å². The number of phenolic OH excluding ortho intramolecular Hbond substituents is 2. The van der Waals surface area contributed by atoms with Gasteiger partial charge < -0.3 is 49.6 Å². The van der Waals surface area contributed by atoms with Crippen LogP contribution in [0.15, 0.2) is 30.3 Å². The number of rotatable bonds is 5. The molecule has 4 rings (SSSR count). The Morgan fingerprint density at radius 3 is 2.48 bits per heavy atom. The summed E-state index contributed by atoms with van der Waals surface area (Å²) in [6.45, 7) is -0.629. The molecule has 0 radical (unpaired) electrons. The molecule has 0 aliphatic carbocycles. The first-order valence-corrected chi connectivity index (χ1v) is 10.1. The minimum Gasteiger partial charge on any atom is -0.507 e. The van der Waals surface area contributed by atoms with Gasteiger partial charge in [-0.1, -0.05) is 6.07 Å². The Morgan fingerprint density at radius 2 is 1.79 bits per heavy atom. The second-order valence-corrected chi connectivity index (χ2v) is 7.80. The molecule has 1 unspecified atom stereocenters. The maximum Gasteiger partial charge on any atom is 0.229 e. The zero-order valence-corrected chi connectivity index (χ0v) is 17.5. The lowest BCUT2D eigenvalue weighted by atomic mass is 9.95. The van der Waals surface area contributed by atoms with Crippen molar-refractivity contribution >= 4 is 5.78 Å².